The fraction of sp³-hybridized carbons (Fsp3) is 0.500. The Kier molecular flexibility index (Phi) is 4.28. The van der Waals surface area contributed by atoms with Gasteiger partial charge in [0.1, 0.15) is 5.69 Å². The highest BCUT2D eigenvalue weighted by Crippen LogP contribution is 2.09. The lowest BCUT2D eigenvalue weighted by molar-refractivity contribution is 0.0970. The summed E-state index contributed by atoms with van der Waals surface area (Å²) in [6.07, 6.45) is 4.19. The highest BCUT2D eigenvalue weighted by Gasteiger charge is 2.11. The van der Waals surface area contributed by atoms with Crippen molar-refractivity contribution in [2.45, 2.75) is 39.7 Å². The molecule has 1 aromatic heterocycles. The summed E-state index contributed by atoms with van der Waals surface area (Å²) in [6, 6.07) is 1.86. The smallest absolute Gasteiger partial charge is 0.180 e. The van der Waals surface area contributed by atoms with Crippen LogP contribution in [0.1, 0.15) is 42.4 Å². The molecule has 0 N–H and O–H groups in total. The molecule has 0 unspecified atom stereocenters. The molecule has 82 valence electrons. The molecule has 0 aliphatic carbocycles. The Hall–Kier alpha value is -1.38. The van der Waals surface area contributed by atoms with Crippen molar-refractivity contribution < 1.29 is 4.79 Å². The van der Waals surface area contributed by atoms with Gasteiger partial charge in [-0.25, -0.2) is 0 Å². The van der Waals surface area contributed by atoms with Crippen LogP contribution in [0.15, 0.2) is 18.7 Å². The van der Waals surface area contributed by atoms with Crippen LogP contribution in [-0.4, -0.2) is 15.6 Å². The number of carbonyl (C=O) groups is 1. The van der Waals surface area contributed by atoms with Crippen LogP contribution in [0.25, 0.3) is 0 Å². The summed E-state index contributed by atoms with van der Waals surface area (Å²) in [7, 11) is 0. The van der Waals surface area contributed by atoms with Crippen molar-refractivity contribution in [3.05, 3.63) is 30.1 Å². The van der Waals surface area contributed by atoms with Crippen LogP contribution >= 0.6 is 0 Å². The molecule has 1 rings (SSSR count). The third-order valence-electron chi connectivity index (χ3n) is 2.30. The largest absolute Gasteiger partial charge is 0.292 e. The third-order valence-corrected chi connectivity index (χ3v) is 2.30. The van der Waals surface area contributed by atoms with Crippen molar-refractivity contribution in [1.29, 1.82) is 0 Å². The van der Waals surface area contributed by atoms with Gasteiger partial charge in [-0.3, -0.25) is 9.48 Å². The van der Waals surface area contributed by atoms with Gasteiger partial charge in [0.15, 0.2) is 5.78 Å². The number of aromatic nitrogens is 2. The lowest BCUT2D eigenvalue weighted by Crippen LogP contribution is -2.09. The molecule has 15 heavy (non-hydrogen) atoms. The summed E-state index contributed by atoms with van der Waals surface area (Å²) >= 11 is 0. The zero-order chi connectivity index (χ0) is 11.3. The number of rotatable bonds is 6. The lowest BCUT2D eigenvalue weighted by atomic mass is 10.1. The highest BCUT2D eigenvalue weighted by atomic mass is 16.1. The summed E-state index contributed by atoms with van der Waals surface area (Å²) in [6.45, 7) is 8.29. The average molecular weight is 206 g/mol. The summed E-state index contributed by atoms with van der Waals surface area (Å²) in [5.41, 5.74) is 1.64. The lowest BCUT2D eigenvalue weighted by Gasteiger charge is -2.02. The van der Waals surface area contributed by atoms with E-state index in [9.17, 15) is 4.79 Å². The first-order valence-corrected chi connectivity index (χ1v) is 5.37. The maximum Gasteiger partial charge on any atom is 0.180 e. The van der Waals surface area contributed by atoms with E-state index in [4.69, 9.17) is 0 Å². The molecule has 0 atom stereocenters. The van der Waals surface area contributed by atoms with E-state index in [0.29, 0.717) is 6.42 Å². The van der Waals surface area contributed by atoms with E-state index < -0.39 is 0 Å². The SMILES string of the molecule is C=CCCCC(=O)c1cc(C)nn1CC. The molecule has 0 bridgehead atoms. The predicted molar refractivity (Wildman–Crippen MR) is 61.0 cm³/mol. The van der Waals surface area contributed by atoms with Crippen LogP contribution in [-0.2, 0) is 6.54 Å². The van der Waals surface area contributed by atoms with Crippen LogP contribution in [0.5, 0.6) is 0 Å². The molecule has 0 aromatic carbocycles. The van der Waals surface area contributed by atoms with Crippen molar-refractivity contribution in [3.8, 4) is 0 Å². The Morgan fingerprint density at radius 3 is 3.00 bits per heavy atom. The summed E-state index contributed by atoms with van der Waals surface area (Å²) in [4.78, 5) is 11.8. The van der Waals surface area contributed by atoms with Crippen LogP contribution < -0.4 is 0 Å². The van der Waals surface area contributed by atoms with Gasteiger partial charge >= 0.3 is 0 Å². The number of unbranched alkanes of at least 4 members (excludes halogenated alkanes) is 1. The molecule has 1 aromatic rings. The molecule has 3 nitrogen and oxygen atoms in total. The van der Waals surface area contributed by atoms with Gasteiger partial charge in [0, 0.05) is 13.0 Å². The molecule has 0 amide bonds. The minimum Gasteiger partial charge on any atom is -0.292 e. The second kappa shape index (κ2) is 5.49. The molecule has 0 aliphatic heterocycles. The predicted octanol–water partition coefficient (Wildman–Crippen LogP) is 2.75. The van der Waals surface area contributed by atoms with Crippen molar-refractivity contribution >= 4 is 5.78 Å². The monoisotopic (exact) mass is 206 g/mol. The van der Waals surface area contributed by atoms with Crippen LogP contribution in [0.4, 0.5) is 0 Å². The number of ketones is 1. The van der Waals surface area contributed by atoms with Gasteiger partial charge in [-0.2, -0.15) is 5.10 Å². The van der Waals surface area contributed by atoms with Crippen molar-refractivity contribution in [2.24, 2.45) is 0 Å². The first kappa shape index (κ1) is 11.7. The molecule has 0 radical (unpaired) electrons. The van der Waals surface area contributed by atoms with E-state index in [1.54, 1.807) is 4.68 Å². The Labute approximate surface area is 90.8 Å². The van der Waals surface area contributed by atoms with Crippen LogP contribution in [0, 0.1) is 6.92 Å². The number of nitrogens with zero attached hydrogens (tertiary/aromatic N) is 2. The van der Waals surface area contributed by atoms with E-state index in [1.807, 2.05) is 26.0 Å². The number of aryl methyl sites for hydroxylation is 2. The number of carbonyl (C=O) groups excluding carboxylic acids is 1. The second-order valence-electron chi connectivity index (χ2n) is 3.59. The van der Waals surface area contributed by atoms with Gasteiger partial charge in [-0.05, 0) is 32.8 Å². The molecule has 0 aliphatic rings. The quantitative estimate of drug-likeness (QED) is 0.407. The number of hydrogen-bond acceptors (Lipinski definition) is 2. The summed E-state index contributed by atoms with van der Waals surface area (Å²) in [5.74, 6) is 0.180. The van der Waals surface area contributed by atoms with Gasteiger partial charge in [0.05, 0.1) is 5.69 Å². The maximum atomic E-state index is 11.8. The maximum absolute atomic E-state index is 11.8. The van der Waals surface area contributed by atoms with Crippen molar-refractivity contribution in [1.82, 2.24) is 9.78 Å². The zero-order valence-electron chi connectivity index (χ0n) is 9.49. The van der Waals surface area contributed by atoms with Gasteiger partial charge in [-0.1, -0.05) is 6.08 Å². The first-order chi connectivity index (χ1) is 7.19. The highest BCUT2D eigenvalue weighted by molar-refractivity contribution is 5.94. The zero-order valence-corrected chi connectivity index (χ0v) is 9.49. The fourth-order valence-corrected chi connectivity index (χ4v) is 1.55. The van der Waals surface area contributed by atoms with Crippen LogP contribution in [0.2, 0.25) is 0 Å². The second-order valence-corrected chi connectivity index (χ2v) is 3.59. The molecule has 0 saturated carbocycles. The van der Waals surface area contributed by atoms with Crippen molar-refractivity contribution in [2.75, 3.05) is 0 Å². The van der Waals surface area contributed by atoms with E-state index in [1.165, 1.54) is 0 Å². The fourth-order valence-electron chi connectivity index (χ4n) is 1.55. The Bertz CT molecular complexity index is 353. The number of Topliss-reactive ketones (excluding diaryl/α,β-unsaturated/α-hetero) is 1. The van der Waals surface area contributed by atoms with Gasteiger partial charge < -0.3 is 0 Å². The molecule has 1 heterocycles. The molecule has 0 saturated heterocycles. The van der Waals surface area contributed by atoms with Gasteiger partial charge in [0.25, 0.3) is 0 Å². The molecule has 0 spiro atoms. The van der Waals surface area contributed by atoms with Crippen LogP contribution in [0.3, 0.4) is 0 Å². The van der Waals surface area contributed by atoms with Crippen molar-refractivity contribution in [3.63, 3.8) is 0 Å². The van der Waals surface area contributed by atoms with E-state index >= 15 is 0 Å². The van der Waals surface area contributed by atoms with E-state index in [0.717, 1.165) is 30.8 Å². The molecule has 0 fully saturated rings. The van der Waals surface area contributed by atoms with E-state index in [-0.39, 0.29) is 5.78 Å². The minimum atomic E-state index is 0.180. The number of hydrogen-bond donors (Lipinski definition) is 0. The number of allylic oxidation sites excluding steroid dienone is 1. The molecular weight excluding hydrogens is 188 g/mol. The average Bonchev–Trinajstić information content (AvgIpc) is 2.60. The normalized spacial score (nSPS) is 10.3. The third kappa shape index (κ3) is 3.05. The molecular formula is C12H18N2O. The minimum absolute atomic E-state index is 0.180. The molecule has 3 heteroatoms. The first-order valence-electron chi connectivity index (χ1n) is 5.37. The summed E-state index contributed by atoms with van der Waals surface area (Å²) in [5, 5.41) is 4.25. The standard InChI is InChI=1S/C12H18N2O/c1-4-6-7-8-12(15)11-9-10(3)13-14(11)5-2/h4,9H,1,5-8H2,2-3H3. The van der Waals surface area contributed by atoms with E-state index in [2.05, 4.69) is 11.7 Å². The Balaban J connectivity index is 2.67. The van der Waals surface area contributed by atoms with Gasteiger partial charge in [0.2, 0.25) is 0 Å². The Morgan fingerprint density at radius 1 is 1.67 bits per heavy atom. The van der Waals surface area contributed by atoms with Gasteiger partial charge in [-0.15, -0.1) is 6.58 Å². The summed E-state index contributed by atoms with van der Waals surface area (Å²) < 4.78 is 1.77. The topological polar surface area (TPSA) is 34.9 Å². The Morgan fingerprint density at radius 2 is 2.40 bits per heavy atom.